The van der Waals surface area contributed by atoms with E-state index in [1.54, 1.807) is 14.2 Å². The van der Waals surface area contributed by atoms with Crippen LogP contribution in [0, 0.1) is 0 Å². The summed E-state index contributed by atoms with van der Waals surface area (Å²) < 4.78 is 11.1. The number of nitrogens with zero attached hydrogens (tertiary/aromatic N) is 2. The summed E-state index contributed by atoms with van der Waals surface area (Å²) in [6.45, 7) is 1.87. The predicted octanol–water partition coefficient (Wildman–Crippen LogP) is 3.87. The van der Waals surface area contributed by atoms with Crippen molar-refractivity contribution in [2.45, 2.75) is 37.8 Å². The number of anilines is 1. The smallest absolute Gasteiger partial charge is 0.223 e. The normalized spacial score (nSPS) is 23.1. The molecule has 0 aliphatic carbocycles. The van der Waals surface area contributed by atoms with Crippen LogP contribution in [0.2, 0.25) is 0 Å². The maximum atomic E-state index is 12.6. The number of hydrogen-bond donors (Lipinski definition) is 0. The van der Waals surface area contributed by atoms with Crippen molar-refractivity contribution in [1.29, 1.82) is 0 Å². The average Bonchev–Trinajstić information content (AvgIpc) is 3.36. The highest BCUT2D eigenvalue weighted by Crippen LogP contribution is 2.52. The van der Waals surface area contributed by atoms with E-state index in [9.17, 15) is 4.79 Å². The largest absolute Gasteiger partial charge is 0.497 e. The maximum absolute atomic E-state index is 12.6. The van der Waals surface area contributed by atoms with Crippen LogP contribution in [0.25, 0.3) is 0 Å². The van der Waals surface area contributed by atoms with Crippen molar-refractivity contribution in [2.75, 3.05) is 32.2 Å². The molecule has 3 aliphatic heterocycles. The van der Waals surface area contributed by atoms with Crippen molar-refractivity contribution in [1.82, 2.24) is 4.90 Å². The highest BCUT2D eigenvalue weighted by molar-refractivity contribution is 5.80. The Morgan fingerprint density at radius 2 is 1.79 bits per heavy atom. The minimum atomic E-state index is 0.135. The van der Waals surface area contributed by atoms with E-state index in [2.05, 4.69) is 34.1 Å². The molecule has 5 rings (SSSR count). The molecule has 3 heterocycles. The molecule has 0 N–H and O–H groups in total. The van der Waals surface area contributed by atoms with E-state index < -0.39 is 0 Å². The lowest BCUT2D eigenvalue weighted by Gasteiger charge is -2.43. The standard InChI is InChI=1S/C23H26N2O3/c1-27-16-8-9-17(21(13-16)28-2)19-14-20(24-11-4-7-22(24)26)18-6-3-5-15-10-12-25(19)23(15)18/h3,5-6,8-9,13,19-20H,4,7,10-12,14H2,1-2H3. The minimum Gasteiger partial charge on any atom is -0.497 e. The van der Waals surface area contributed by atoms with E-state index >= 15 is 0 Å². The highest BCUT2D eigenvalue weighted by Gasteiger charge is 2.42. The number of carbonyl (C=O) groups excluding carboxylic acids is 1. The highest BCUT2D eigenvalue weighted by atomic mass is 16.5. The number of hydrogen-bond acceptors (Lipinski definition) is 4. The molecule has 0 bridgehead atoms. The van der Waals surface area contributed by atoms with Crippen LogP contribution >= 0.6 is 0 Å². The monoisotopic (exact) mass is 378 g/mol. The molecule has 1 fully saturated rings. The molecule has 2 unspecified atom stereocenters. The van der Waals surface area contributed by atoms with Crippen molar-refractivity contribution in [3.63, 3.8) is 0 Å². The molecule has 0 aromatic heterocycles. The maximum Gasteiger partial charge on any atom is 0.223 e. The van der Waals surface area contributed by atoms with Crippen molar-refractivity contribution >= 4 is 11.6 Å². The summed E-state index contributed by atoms with van der Waals surface area (Å²) in [6.07, 6.45) is 3.58. The van der Waals surface area contributed by atoms with E-state index in [4.69, 9.17) is 9.47 Å². The second-order valence-electron chi connectivity index (χ2n) is 7.86. The van der Waals surface area contributed by atoms with Crippen LogP contribution in [0.1, 0.15) is 48.0 Å². The number of benzene rings is 2. The summed E-state index contributed by atoms with van der Waals surface area (Å²) in [5.41, 5.74) is 5.21. The van der Waals surface area contributed by atoms with Gasteiger partial charge < -0.3 is 19.3 Å². The van der Waals surface area contributed by atoms with Gasteiger partial charge in [0, 0.05) is 36.8 Å². The van der Waals surface area contributed by atoms with Gasteiger partial charge in [0.15, 0.2) is 0 Å². The third-order valence-corrected chi connectivity index (χ3v) is 6.53. The van der Waals surface area contributed by atoms with Crippen molar-refractivity contribution in [3.05, 3.63) is 53.1 Å². The second-order valence-corrected chi connectivity index (χ2v) is 7.86. The summed E-state index contributed by atoms with van der Waals surface area (Å²) >= 11 is 0. The molecule has 0 spiro atoms. The summed E-state index contributed by atoms with van der Waals surface area (Å²) in [5, 5.41) is 0. The molecule has 146 valence electrons. The zero-order valence-corrected chi connectivity index (χ0v) is 16.5. The van der Waals surface area contributed by atoms with E-state index in [-0.39, 0.29) is 18.0 Å². The third kappa shape index (κ3) is 2.56. The van der Waals surface area contributed by atoms with Crippen LogP contribution < -0.4 is 14.4 Å². The molecule has 5 heteroatoms. The first-order valence-corrected chi connectivity index (χ1v) is 10.1. The molecule has 0 saturated carbocycles. The van der Waals surface area contributed by atoms with Crippen LogP contribution in [0.4, 0.5) is 5.69 Å². The fourth-order valence-corrected chi connectivity index (χ4v) is 5.24. The van der Waals surface area contributed by atoms with Gasteiger partial charge in [-0.25, -0.2) is 0 Å². The van der Waals surface area contributed by atoms with Crippen molar-refractivity contribution < 1.29 is 14.3 Å². The average molecular weight is 378 g/mol. The van der Waals surface area contributed by atoms with Gasteiger partial charge in [-0.3, -0.25) is 4.79 Å². The summed E-state index contributed by atoms with van der Waals surface area (Å²) in [4.78, 5) is 17.2. The number of rotatable bonds is 4. The number of para-hydroxylation sites is 1. The Labute approximate surface area is 165 Å². The lowest BCUT2D eigenvalue weighted by atomic mass is 9.86. The lowest BCUT2D eigenvalue weighted by molar-refractivity contribution is -0.130. The lowest BCUT2D eigenvalue weighted by Crippen LogP contribution is -2.39. The molecule has 2 aromatic carbocycles. The summed E-state index contributed by atoms with van der Waals surface area (Å²) in [5.74, 6) is 1.93. The fraction of sp³-hybridized carbons (Fsp3) is 0.435. The first kappa shape index (κ1) is 17.4. The first-order valence-electron chi connectivity index (χ1n) is 10.1. The molecular weight excluding hydrogens is 352 g/mol. The van der Waals surface area contributed by atoms with Gasteiger partial charge in [0.05, 0.1) is 26.3 Å². The van der Waals surface area contributed by atoms with Gasteiger partial charge in [-0.1, -0.05) is 18.2 Å². The Balaban J connectivity index is 1.62. The van der Waals surface area contributed by atoms with Crippen LogP contribution in [0.15, 0.2) is 36.4 Å². The third-order valence-electron chi connectivity index (χ3n) is 6.53. The Kier molecular flexibility index (Phi) is 4.18. The Hall–Kier alpha value is -2.69. The molecule has 2 aromatic rings. The minimum absolute atomic E-state index is 0.135. The molecule has 1 saturated heterocycles. The molecular formula is C23H26N2O3. The van der Waals surface area contributed by atoms with Crippen LogP contribution in [-0.2, 0) is 11.2 Å². The van der Waals surface area contributed by atoms with Crippen molar-refractivity contribution in [2.24, 2.45) is 0 Å². The molecule has 0 radical (unpaired) electrons. The Bertz CT molecular complexity index is 926. The van der Waals surface area contributed by atoms with Crippen LogP contribution in [0.3, 0.4) is 0 Å². The van der Waals surface area contributed by atoms with E-state index in [1.165, 1.54) is 22.4 Å². The summed E-state index contributed by atoms with van der Waals surface area (Å²) in [7, 11) is 3.39. The van der Waals surface area contributed by atoms with Crippen molar-refractivity contribution in [3.8, 4) is 11.5 Å². The Morgan fingerprint density at radius 1 is 0.929 bits per heavy atom. The molecule has 3 aliphatic rings. The van der Waals surface area contributed by atoms with Gasteiger partial charge in [-0.2, -0.15) is 0 Å². The fourth-order valence-electron chi connectivity index (χ4n) is 5.24. The van der Waals surface area contributed by atoms with Gasteiger partial charge in [0.25, 0.3) is 0 Å². The van der Waals surface area contributed by atoms with Crippen LogP contribution in [-0.4, -0.2) is 38.1 Å². The molecule has 28 heavy (non-hydrogen) atoms. The summed E-state index contributed by atoms with van der Waals surface area (Å²) in [6, 6.07) is 13.0. The number of carbonyl (C=O) groups is 1. The van der Waals surface area contributed by atoms with Gasteiger partial charge >= 0.3 is 0 Å². The molecule has 5 nitrogen and oxygen atoms in total. The number of methoxy groups -OCH3 is 2. The Morgan fingerprint density at radius 3 is 2.54 bits per heavy atom. The number of ether oxygens (including phenoxy) is 2. The van der Waals surface area contributed by atoms with Gasteiger partial charge in [-0.15, -0.1) is 0 Å². The predicted molar refractivity (Wildman–Crippen MR) is 108 cm³/mol. The number of amides is 1. The first-order chi connectivity index (χ1) is 13.7. The quantitative estimate of drug-likeness (QED) is 0.810. The van der Waals surface area contributed by atoms with E-state index in [1.807, 2.05) is 12.1 Å². The number of likely N-dealkylation sites (tertiary alicyclic amines) is 1. The van der Waals surface area contributed by atoms with Gasteiger partial charge in [0.2, 0.25) is 5.91 Å². The van der Waals surface area contributed by atoms with Crippen LogP contribution in [0.5, 0.6) is 11.5 Å². The second kappa shape index (κ2) is 6.73. The topological polar surface area (TPSA) is 42.0 Å². The molecule has 1 amide bonds. The van der Waals surface area contributed by atoms with E-state index in [0.29, 0.717) is 6.42 Å². The molecule has 2 atom stereocenters. The SMILES string of the molecule is COc1ccc(C2CC(N3CCCC3=O)c3cccc4c3N2CC4)c(OC)c1. The zero-order valence-electron chi connectivity index (χ0n) is 16.5. The van der Waals surface area contributed by atoms with Gasteiger partial charge in [-0.05, 0) is 42.5 Å². The van der Waals surface area contributed by atoms with E-state index in [0.717, 1.165) is 43.9 Å². The van der Waals surface area contributed by atoms with Gasteiger partial charge in [0.1, 0.15) is 11.5 Å². The zero-order chi connectivity index (χ0) is 19.3.